The summed E-state index contributed by atoms with van der Waals surface area (Å²) >= 11 is 1.61. The Morgan fingerprint density at radius 3 is 2.81 bits per heavy atom. The monoisotopic (exact) mass is 304 g/mol. The van der Waals surface area contributed by atoms with Crippen molar-refractivity contribution >= 4 is 17.2 Å². The maximum absolute atomic E-state index is 12.3. The highest BCUT2D eigenvalue weighted by molar-refractivity contribution is 7.11. The number of ether oxygens (including phenoxy) is 2. The number of aryl methyl sites for hydroxylation is 2. The van der Waals surface area contributed by atoms with Gasteiger partial charge in [-0.25, -0.2) is 4.98 Å². The first-order valence-corrected chi connectivity index (χ1v) is 7.50. The highest BCUT2D eigenvalue weighted by Gasteiger charge is 2.19. The fourth-order valence-corrected chi connectivity index (χ4v) is 3.26. The topological polar surface area (TPSA) is 60.5 Å². The molecule has 6 heteroatoms. The zero-order chi connectivity index (χ0) is 15.0. The highest BCUT2D eigenvalue weighted by atomic mass is 32.1. The first-order valence-electron chi connectivity index (χ1n) is 6.69. The number of carbonyl (C=O) groups is 1. The van der Waals surface area contributed by atoms with E-state index in [-0.39, 0.29) is 18.7 Å². The molecular formula is C15H16N2O3S. The zero-order valence-electron chi connectivity index (χ0n) is 12.1. The van der Waals surface area contributed by atoms with Crippen molar-refractivity contribution in [1.29, 1.82) is 0 Å². The van der Waals surface area contributed by atoms with Crippen molar-refractivity contribution in [3.63, 3.8) is 0 Å². The van der Waals surface area contributed by atoms with Crippen LogP contribution in [0.4, 0.5) is 0 Å². The molecule has 0 saturated heterocycles. The minimum absolute atomic E-state index is 0.0749. The predicted octanol–water partition coefficient (Wildman–Crippen LogP) is 2.98. The molecule has 21 heavy (non-hydrogen) atoms. The second-order valence-electron chi connectivity index (χ2n) is 4.95. The number of thiazole rings is 1. The lowest BCUT2D eigenvalue weighted by molar-refractivity contribution is 0.0940. The molecule has 1 aliphatic rings. The first-order chi connectivity index (χ1) is 10.0. The second-order valence-corrected chi connectivity index (χ2v) is 6.18. The van der Waals surface area contributed by atoms with Gasteiger partial charge in [-0.15, -0.1) is 11.3 Å². The Morgan fingerprint density at radius 2 is 2.10 bits per heavy atom. The van der Waals surface area contributed by atoms with Crippen molar-refractivity contribution in [2.75, 3.05) is 6.79 Å². The minimum Gasteiger partial charge on any atom is -0.454 e. The standard InChI is InChI=1S/C15H16N2O3S/c1-8-14(21-10(3)16-8)9(2)17-15(18)11-4-5-12-13(6-11)20-7-19-12/h4-6,9H,7H2,1-3H3,(H,17,18). The summed E-state index contributed by atoms with van der Waals surface area (Å²) in [5.74, 6) is 1.15. The molecule has 1 aromatic heterocycles. The van der Waals surface area contributed by atoms with E-state index in [9.17, 15) is 4.79 Å². The molecule has 5 nitrogen and oxygen atoms in total. The Kier molecular flexibility index (Phi) is 3.55. The fraction of sp³-hybridized carbons (Fsp3) is 0.333. The van der Waals surface area contributed by atoms with Gasteiger partial charge in [0, 0.05) is 10.4 Å². The molecule has 0 spiro atoms. The van der Waals surface area contributed by atoms with Gasteiger partial charge in [0.25, 0.3) is 5.91 Å². The number of nitrogens with zero attached hydrogens (tertiary/aromatic N) is 1. The average Bonchev–Trinajstić information content (AvgIpc) is 3.03. The summed E-state index contributed by atoms with van der Waals surface area (Å²) < 4.78 is 10.5. The van der Waals surface area contributed by atoms with Crippen LogP contribution in [-0.4, -0.2) is 17.7 Å². The third-order valence-corrected chi connectivity index (χ3v) is 4.57. The number of hydrogen-bond acceptors (Lipinski definition) is 5. The van der Waals surface area contributed by atoms with E-state index in [0.717, 1.165) is 15.6 Å². The predicted molar refractivity (Wildman–Crippen MR) is 80.0 cm³/mol. The Balaban J connectivity index is 1.75. The molecule has 2 heterocycles. The summed E-state index contributed by atoms with van der Waals surface area (Å²) in [5.41, 5.74) is 1.53. The molecule has 1 atom stereocenters. The highest BCUT2D eigenvalue weighted by Crippen LogP contribution is 2.32. The number of aromatic nitrogens is 1. The number of hydrogen-bond donors (Lipinski definition) is 1. The van der Waals surface area contributed by atoms with Crippen molar-refractivity contribution in [2.24, 2.45) is 0 Å². The summed E-state index contributed by atoms with van der Waals surface area (Å²) in [7, 11) is 0. The van der Waals surface area contributed by atoms with Gasteiger partial charge >= 0.3 is 0 Å². The van der Waals surface area contributed by atoms with Crippen LogP contribution in [0, 0.1) is 13.8 Å². The maximum Gasteiger partial charge on any atom is 0.251 e. The Hall–Kier alpha value is -2.08. The van der Waals surface area contributed by atoms with Crippen LogP contribution >= 0.6 is 11.3 Å². The number of fused-ring (bicyclic) bond motifs is 1. The molecule has 1 aromatic carbocycles. The summed E-state index contributed by atoms with van der Waals surface area (Å²) in [6.45, 7) is 6.09. The van der Waals surface area contributed by atoms with Gasteiger partial charge in [0.15, 0.2) is 11.5 Å². The summed E-state index contributed by atoms with van der Waals surface area (Å²) in [6, 6.07) is 5.12. The van der Waals surface area contributed by atoms with Gasteiger partial charge in [0.1, 0.15) is 0 Å². The summed E-state index contributed by atoms with van der Waals surface area (Å²) in [5, 5.41) is 4.00. The Bertz CT molecular complexity index is 696. The quantitative estimate of drug-likeness (QED) is 0.947. The molecule has 1 aliphatic heterocycles. The minimum atomic E-state index is -0.133. The third-order valence-electron chi connectivity index (χ3n) is 3.32. The van der Waals surface area contributed by atoms with E-state index in [1.165, 1.54) is 0 Å². The first kappa shape index (κ1) is 13.9. The molecule has 110 valence electrons. The lowest BCUT2D eigenvalue weighted by Crippen LogP contribution is -2.26. The molecule has 2 aromatic rings. The molecule has 0 radical (unpaired) electrons. The lowest BCUT2D eigenvalue weighted by atomic mass is 10.1. The van der Waals surface area contributed by atoms with Crippen LogP contribution in [0.5, 0.6) is 11.5 Å². The number of amides is 1. The van der Waals surface area contributed by atoms with Gasteiger partial charge in [0.2, 0.25) is 6.79 Å². The van der Waals surface area contributed by atoms with E-state index in [1.807, 2.05) is 20.8 Å². The number of rotatable bonds is 3. The van der Waals surface area contributed by atoms with Gasteiger partial charge in [-0.1, -0.05) is 0 Å². The normalized spacial score (nSPS) is 14.0. The SMILES string of the molecule is Cc1nc(C)c(C(C)NC(=O)c2ccc3c(c2)OCO3)s1. The van der Waals surface area contributed by atoms with Gasteiger partial charge in [-0.05, 0) is 39.0 Å². The van der Waals surface area contributed by atoms with E-state index >= 15 is 0 Å². The third kappa shape index (κ3) is 2.71. The largest absolute Gasteiger partial charge is 0.454 e. The molecule has 0 aliphatic carbocycles. The Labute approximate surface area is 126 Å². The number of benzene rings is 1. The van der Waals surface area contributed by atoms with E-state index in [4.69, 9.17) is 9.47 Å². The van der Waals surface area contributed by atoms with E-state index in [2.05, 4.69) is 10.3 Å². The van der Waals surface area contributed by atoms with Gasteiger partial charge in [0.05, 0.1) is 16.7 Å². The molecule has 1 N–H and O–H groups in total. The zero-order valence-corrected chi connectivity index (χ0v) is 12.9. The van der Waals surface area contributed by atoms with Crippen molar-refractivity contribution in [3.05, 3.63) is 39.3 Å². The van der Waals surface area contributed by atoms with Gasteiger partial charge in [-0.3, -0.25) is 4.79 Å². The van der Waals surface area contributed by atoms with E-state index < -0.39 is 0 Å². The average molecular weight is 304 g/mol. The fourth-order valence-electron chi connectivity index (χ4n) is 2.33. The molecule has 0 fully saturated rings. The van der Waals surface area contributed by atoms with Crippen LogP contribution < -0.4 is 14.8 Å². The van der Waals surface area contributed by atoms with E-state index in [1.54, 1.807) is 29.5 Å². The Morgan fingerprint density at radius 1 is 1.33 bits per heavy atom. The molecule has 1 amide bonds. The van der Waals surface area contributed by atoms with Crippen molar-refractivity contribution in [2.45, 2.75) is 26.8 Å². The van der Waals surface area contributed by atoms with Gasteiger partial charge < -0.3 is 14.8 Å². The molecule has 0 saturated carbocycles. The van der Waals surface area contributed by atoms with Crippen LogP contribution in [0.1, 0.15) is 38.9 Å². The molecular weight excluding hydrogens is 288 g/mol. The maximum atomic E-state index is 12.3. The van der Waals surface area contributed by atoms with Crippen LogP contribution in [-0.2, 0) is 0 Å². The number of nitrogens with one attached hydrogen (secondary N) is 1. The van der Waals surface area contributed by atoms with Crippen LogP contribution in [0.3, 0.4) is 0 Å². The molecule has 3 rings (SSSR count). The number of carbonyl (C=O) groups excluding carboxylic acids is 1. The van der Waals surface area contributed by atoms with Gasteiger partial charge in [-0.2, -0.15) is 0 Å². The molecule has 1 unspecified atom stereocenters. The van der Waals surface area contributed by atoms with Crippen molar-refractivity contribution in [3.8, 4) is 11.5 Å². The molecule has 0 bridgehead atoms. The van der Waals surface area contributed by atoms with Crippen LogP contribution in [0.2, 0.25) is 0 Å². The summed E-state index contributed by atoms with van der Waals surface area (Å²) in [4.78, 5) is 17.8. The smallest absolute Gasteiger partial charge is 0.251 e. The van der Waals surface area contributed by atoms with Crippen LogP contribution in [0.25, 0.3) is 0 Å². The lowest BCUT2D eigenvalue weighted by Gasteiger charge is -2.13. The second kappa shape index (κ2) is 5.37. The van der Waals surface area contributed by atoms with E-state index in [0.29, 0.717) is 17.1 Å². The van der Waals surface area contributed by atoms with Crippen LogP contribution in [0.15, 0.2) is 18.2 Å². The van der Waals surface area contributed by atoms with Crippen molar-refractivity contribution in [1.82, 2.24) is 10.3 Å². The van der Waals surface area contributed by atoms with Crippen molar-refractivity contribution < 1.29 is 14.3 Å². The summed E-state index contributed by atoms with van der Waals surface area (Å²) in [6.07, 6.45) is 0.